The fourth-order valence-corrected chi connectivity index (χ4v) is 4.53. The quantitative estimate of drug-likeness (QED) is 0.785. The molecule has 17 heavy (non-hydrogen) atoms. The van der Waals surface area contributed by atoms with Gasteiger partial charge in [-0.3, -0.25) is 4.98 Å². The highest BCUT2D eigenvalue weighted by atomic mass is 32.2. The minimum absolute atomic E-state index is 0.0853. The van der Waals surface area contributed by atoms with Crippen LogP contribution in [0, 0.1) is 0 Å². The number of hydrogen-bond acceptors (Lipinski definition) is 4. The van der Waals surface area contributed by atoms with Gasteiger partial charge in [-0.05, 0) is 24.5 Å². The number of nitrogens with two attached hydrogens (primary N) is 1. The zero-order chi connectivity index (χ0) is 12.0. The van der Waals surface area contributed by atoms with E-state index in [-0.39, 0.29) is 17.7 Å². The third-order valence-corrected chi connectivity index (χ3v) is 5.45. The molecule has 0 spiro atoms. The molecule has 2 heterocycles. The Kier molecular flexibility index (Phi) is 2.48. The molecule has 3 rings (SSSR count). The standard InChI is InChI=1S/C12H16N2O2S/c13-10-5-8-1-2-11(14-12(8)6-10)9-3-4-17(15,16)7-9/h1-2,9-10H,3-7,13H2. The zero-order valence-corrected chi connectivity index (χ0v) is 10.4. The van der Waals surface area contributed by atoms with Crippen molar-refractivity contribution in [3.8, 4) is 0 Å². The molecule has 1 aromatic heterocycles. The second kappa shape index (κ2) is 3.78. The first-order valence-electron chi connectivity index (χ1n) is 5.98. The third kappa shape index (κ3) is 2.09. The predicted molar refractivity (Wildman–Crippen MR) is 65.6 cm³/mol. The summed E-state index contributed by atoms with van der Waals surface area (Å²) in [4.78, 5) is 4.61. The summed E-state index contributed by atoms with van der Waals surface area (Å²) in [6.07, 6.45) is 2.42. The highest BCUT2D eigenvalue weighted by Gasteiger charge is 2.31. The molecule has 1 aliphatic heterocycles. The number of fused-ring (bicyclic) bond motifs is 1. The van der Waals surface area contributed by atoms with Crippen LogP contribution in [0.2, 0.25) is 0 Å². The van der Waals surface area contributed by atoms with Gasteiger partial charge in [-0.15, -0.1) is 0 Å². The Morgan fingerprint density at radius 1 is 1.29 bits per heavy atom. The van der Waals surface area contributed by atoms with Crippen LogP contribution in [-0.4, -0.2) is 30.9 Å². The van der Waals surface area contributed by atoms with Gasteiger partial charge in [0.05, 0.1) is 11.5 Å². The van der Waals surface area contributed by atoms with Crippen molar-refractivity contribution in [2.75, 3.05) is 11.5 Å². The Labute approximate surface area is 101 Å². The molecule has 4 nitrogen and oxygen atoms in total. The summed E-state index contributed by atoms with van der Waals surface area (Å²) in [5, 5.41) is 0. The predicted octanol–water partition coefficient (Wildman–Crippen LogP) is 0.410. The summed E-state index contributed by atoms with van der Waals surface area (Å²) in [6, 6.07) is 4.22. The molecule has 0 amide bonds. The number of nitrogens with zero attached hydrogens (tertiary/aromatic N) is 1. The highest BCUT2D eigenvalue weighted by Crippen LogP contribution is 2.29. The van der Waals surface area contributed by atoms with Crippen molar-refractivity contribution in [3.05, 3.63) is 29.1 Å². The SMILES string of the molecule is NC1Cc2ccc(C3CCS(=O)(=O)C3)nc2C1. The van der Waals surface area contributed by atoms with Gasteiger partial charge in [0.1, 0.15) is 0 Å². The van der Waals surface area contributed by atoms with Crippen molar-refractivity contribution in [1.82, 2.24) is 4.98 Å². The Morgan fingerprint density at radius 3 is 2.82 bits per heavy atom. The molecule has 1 aliphatic carbocycles. The van der Waals surface area contributed by atoms with Crippen LogP contribution in [-0.2, 0) is 22.7 Å². The number of pyridine rings is 1. The Balaban J connectivity index is 1.89. The van der Waals surface area contributed by atoms with Gasteiger partial charge in [0.25, 0.3) is 0 Å². The van der Waals surface area contributed by atoms with Crippen LogP contribution in [0.5, 0.6) is 0 Å². The van der Waals surface area contributed by atoms with Gasteiger partial charge in [0, 0.05) is 29.8 Å². The maximum atomic E-state index is 11.5. The van der Waals surface area contributed by atoms with E-state index in [2.05, 4.69) is 11.1 Å². The van der Waals surface area contributed by atoms with Gasteiger partial charge in [-0.1, -0.05) is 6.07 Å². The van der Waals surface area contributed by atoms with Crippen molar-refractivity contribution in [2.45, 2.75) is 31.2 Å². The first-order valence-corrected chi connectivity index (χ1v) is 7.80. The molecule has 1 fully saturated rings. The summed E-state index contributed by atoms with van der Waals surface area (Å²) in [5.74, 6) is 0.642. The number of rotatable bonds is 1. The molecule has 0 bridgehead atoms. The van der Waals surface area contributed by atoms with Crippen LogP contribution in [0.3, 0.4) is 0 Å². The lowest BCUT2D eigenvalue weighted by molar-refractivity contribution is 0.601. The number of sulfone groups is 1. The smallest absolute Gasteiger partial charge is 0.151 e. The minimum atomic E-state index is -2.83. The Morgan fingerprint density at radius 2 is 2.12 bits per heavy atom. The molecule has 92 valence electrons. The van der Waals surface area contributed by atoms with E-state index in [0.29, 0.717) is 12.2 Å². The maximum Gasteiger partial charge on any atom is 0.151 e. The molecule has 0 radical (unpaired) electrons. The highest BCUT2D eigenvalue weighted by molar-refractivity contribution is 7.91. The van der Waals surface area contributed by atoms with Crippen LogP contribution in [0.15, 0.2) is 12.1 Å². The third-order valence-electron chi connectivity index (χ3n) is 3.68. The topological polar surface area (TPSA) is 73.1 Å². The maximum absolute atomic E-state index is 11.5. The van der Waals surface area contributed by atoms with Crippen LogP contribution in [0.1, 0.15) is 29.3 Å². The normalized spacial score (nSPS) is 30.4. The largest absolute Gasteiger partial charge is 0.327 e. The average Bonchev–Trinajstić information content (AvgIpc) is 2.78. The summed E-state index contributed by atoms with van der Waals surface area (Å²) < 4.78 is 22.9. The van der Waals surface area contributed by atoms with Crippen molar-refractivity contribution in [2.24, 2.45) is 5.73 Å². The van der Waals surface area contributed by atoms with Gasteiger partial charge in [0.15, 0.2) is 9.84 Å². The molecule has 1 aromatic rings. The van der Waals surface area contributed by atoms with Gasteiger partial charge < -0.3 is 5.73 Å². The van der Waals surface area contributed by atoms with Crippen molar-refractivity contribution in [3.63, 3.8) is 0 Å². The Hall–Kier alpha value is -0.940. The first-order chi connectivity index (χ1) is 8.03. The molecule has 0 aromatic carbocycles. The zero-order valence-electron chi connectivity index (χ0n) is 9.59. The van der Waals surface area contributed by atoms with Gasteiger partial charge in [-0.2, -0.15) is 0 Å². The molecule has 2 atom stereocenters. The summed E-state index contributed by atoms with van der Waals surface area (Å²) in [5.41, 5.74) is 9.12. The van der Waals surface area contributed by atoms with Gasteiger partial charge >= 0.3 is 0 Å². The van der Waals surface area contributed by atoms with E-state index in [4.69, 9.17) is 5.73 Å². The van der Waals surface area contributed by atoms with Crippen molar-refractivity contribution < 1.29 is 8.42 Å². The molecule has 2 N–H and O–H groups in total. The van der Waals surface area contributed by atoms with E-state index in [9.17, 15) is 8.42 Å². The van der Waals surface area contributed by atoms with Gasteiger partial charge in [-0.25, -0.2) is 8.42 Å². The number of aromatic nitrogens is 1. The molecule has 1 saturated heterocycles. The fraction of sp³-hybridized carbons (Fsp3) is 0.583. The second-order valence-corrected chi connectivity index (χ2v) is 7.34. The second-order valence-electron chi connectivity index (χ2n) is 5.11. The van der Waals surface area contributed by atoms with Crippen molar-refractivity contribution in [1.29, 1.82) is 0 Å². The summed E-state index contributed by atoms with van der Waals surface area (Å²) >= 11 is 0. The monoisotopic (exact) mass is 252 g/mol. The molecule has 5 heteroatoms. The van der Waals surface area contributed by atoms with Crippen LogP contribution >= 0.6 is 0 Å². The van der Waals surface area contributed by atoms with E-state index in [1.807, 2.05) is 6.07 Å². The van der Waals surface area contributed by atoms with E-state index in [1.165, 1.54) is 5.56 Å². The molecule has 2 unspecified atom stereocenters. The molecular formula is C12H16N2O2S. The molecular weight excluding hydrogens is 236 g/mol. The van der Waals surface area contributed by atoms with E-state index in [0.717, 1.165) is 24.2 Å². The fourth-order valence-electron chi connectivity index (χ4n) is 2.77. The van der Waals surface area contributed by atoms with E-state index < -0.39 is 9.84 Å². The van der Waals surface area contributed by atoms with Crippen molar-refractivity contribution >= 4 is 9.84 Å². The van der Waals surface area contributed by atoms with E-state index in [1.54, 1.807) is 0 Å². The minimum Gasteiger partial charge on any atom is -0.327 e. The lowest BCUT2D eigenvalue weighted by Gasteiger charge is -2.08. The lowest BCUT2D eigenvalue weighted by Crippen LogP contribution is -2.19. The summed E-state index contributed by atoms with van der Waals surface area (Å²) in [7, 11) is -2.83. The number of hydrogen-bond donors (Lipinski definition) is 1. The average molecular weight is 252 g/mol. The lowest BCUT2D eigenvalue weighted by atomic mass is 10.0. The van der Waals surface area contributed by atoms with Crippen LogP contribution < -0.4 is 5.73 Å². The Bertz CT molecular complexity index is 554. The van der Waals surface area contributed by atoms with E-state index >= 15 is 0 Å². The molecule has 0 saturated carbocycles. The van der Waals surface area contributed by atoms with Crippen LogP contribution in [0.4, 0.5) is 0 Å². The first kappa shape index (κ1) is 11.2. The van der Waals surface area contributed by atoms with Crippen LogP contribution in [0.25, 0.3) is 0 Å². The van der Waals surface area contributed by atoms with Gasteiger partial charge in [0.2, 0.25) is 0 Å². The summed E-state index contributed by atoms with van der Waals surface area (Å²) in [6.45, 7) is 0. The molecule has 2 aliphatic rings.